The van der Waals surface area contributed by atoms with Crippen LogP contribution in [-0.2, 0) is 24.3 Å². The highest BCUT2D eigenvalue weighted by Gasteiger charge is 2.28. The van der Waals surface area contributed by atoms with Crippen molar-refractivity contribution in [2.45, 2.75) is 51.8 Å². The van der Waals surface area contributed by atoms with Crippen molar-refractivity contribution in [3.63, 3.8) is 0 Å². The molecule has 1 aromatic carbocycles. The number of anilines is 1. The maximum atomic E-state index is 13.2. The van der Waals surface area contributed by atoms with E-state index in [-0.39, 0.29) is 19.0 Å². The lowest BCUT2D eigenvalue weighted by Crippen LogP contribution is -2.44. The van der Waals surface area contributed by atoms with Crippen LogP contribution in [0.5, 0.6) is 0 Å². The second-order valence-electron chi connectivity index (χ2n) is 9.72. The minimum absolute atomic E-state index is 0.0621. The Hall–Kier alpha value is -1.96. The first-order valence-electron chi connectivity index (χ1n) is 11.4. The molecule has 2 heterocycles. The summed E-state index contributed by atoms with van der Waals surface area (Å²) in [6, 6.07) is 10.1. The first-order chi connectivity index (χ1) is 15.3. The number of carbonyl (C=O) groups excluding carboxylic acids is 1. The van der Waals surface area contributed by atoms with Gasteiger partial charge in [0.1, 0.15) is 0 Å². The number of carbonyl (C=O) groups is 1. The molecule has 1 fully saturated rings. The van der Waals surface area contributed by atoms with Crippen LogP contribution in [-0.4, -0.2) is 57.6 Å². The van der Waals surface area contributed by atoms with Gasteiger partial charge in [0.25, 0.3) is 0 Å². The van der Waals surface area contributed by atoms with Crippen LogP contribution in [0.3, 0.4) is 0 Å². The first kappa shape index (κ1) is 23.2. The van der Waals surface area contributed by atoms with Crippen molar-refractivity contribution in [3.05, 3.63) is 57.8 Å². The summed E-state index contributed by atoms with van der Waals surface area (Å²) in [5.41, 5.74) is 3.51. The van der Waals surface area contributed by atoms with Gasteiger partial charge in [0.2, 0.25) is 5.91 Å². The van der Waals surface area contributed by atoms with E-state index in [1.807, 2.05) is 12.1 Å². The van der Waals surface area contributed by atoms with E-state index >= 15 is 0 Å². The molecule has 1 aromatic heterocycles. The van der Waals surface area contributed by atoms with Crippen LogP contribution < -0.4 is 5.32 Å². The standard InChI is InChI=1S/C25H33BrN4O2/c1-25(2,32)17-30(16-23-21(26)6-4-11-27-23)24(31)13-28-22-7-3-5-19-10-12-29(15-20(19)22)14-18-8-9-18/h3-7,11,18,28,32H,8-10,12-17H2,1-2H3. The second kappa shape index (κ2) is 9.89. The molecule has 4 rings (SSSR count). The predicted molar refractivity (Wildman–Crippen MR) is 130 cm³/mol. The molecule has 2 aromatic rings. The number of nitrogens with zero attached hydrogens (tertiary/aromatic N) is 3. The number of rotatable bonds is 9. The van der Waals surface area contributed by atoms with Gasteiger partial charge >= 0.3 is 0 Å². The number of aliphatic hydroxyl groups is 1. The molecule has 0 spiro atoms. The van der Waals surface area contributed by atoms with Crippen molar-refractivity contribution >= 4 is 27.5 Å². The fourth-order valence-electron chi connectivity index (χ4n) is 4.32. The van der Waals surface area contributed by atoms with Gasteiger partial charge in [0.15, 0.2) is 0 Å². The Labute approximate surface area is 199 Å². The van der Waals surface area contributed by atoms with Crippen LogP contribution in [0.1, 0.15) is 43.5 Å². The summed E-state index contributed by atoms with van der Waals surface area (Å²) >= 11 is 3.51. The molecular weight excluding hydrogens is 468 g/mol. The average molecular weight is 501 g/mol. The van der Waals surface area contributed by atoms with Gasteiger partial charge in [-0.05, 0) is 84.3 Å². The number of hydrogen-bond donors (Lipinski definition) is 2. The van der Waals surface area contributed by atoms with Crippen molar-refractivity contribution in [1.29, 1.82) is 0 Å². The van der Waals surface area contributed by atoms with Gasteiger partial charge in [-0.3, -0.25) is 14.7 Å². The summed E-state index contributed by atoms with van der Waals surface area (Å²) in [5, 5.41) is 13.8. The summed E-state index contributed by atoms with van der Waals surface area (Å²) in [6.45, 7) is 7.44. The Morgan fingerprint density at radius 3 is 2.84 bits per heavy atom. The highest BCUT2D eigenvalue weighted by atomic mass is 79.9. The van der Waals surface area contributed by atoms with Crippen LogP contribution in [0.4, 0.5) is 5.69 Å². The van der Waals surface area contributed by atoms with Crippen molar-refractivity contribution in [2.24, 2.45) is 5.92 Å². The zero-order chi connectivity index (χ0) is 22.7. The van der Waals surface area contributed by atoms with E-state index in [4.69, 9.17) is 0 Å². The van der Waals surface area contributed by atoms with Crippen molar-refractivity contribution < 1.29 is 9.90 Å². The van der Waals surface area contributed by atoms with Gasteiger partial charge in [-0.25, -0.2) is 0 Å². The zero-order valence-corrected chi connectivity index (χ0v) is 20.6. The summed E-state index contributed by atoms with van der Waals surface area (Å²) in [5.74, 6) is 0.812. The van der Waals surface area contributed by atoms with Gasteiger partial charge in [0.05, 0.1) is 24.4 Å². The van der Waals surface area contributed by atoms with Crippen molar-refractivity contribution in [2.75, 3.05) is 31.5 Å². The molecule has 7 heteroatoms. The normalized spacial score (nSPS) is 16.5. The molecule has 0 bridgehead atoms. The van der Waals surface area contributed by atoms with Crippen LogP contribution >= 0.6 is 15.9 Å². The molecule has 1 saturated carbocycles. The number of hydrogen-bond acceptors (Lipinski definition) is 5. The minimum Gasteiger partial charge on any atom is -0.389 e. The topological polar surface area (TPSA) is 68.7 Å². The summed E-state index contributed by atoms with van der Waals surface area (Å²) in [7, 11) is 0. The molecule has 1 aliphatic heterocycles. The van der Waals surface area contributed by atoms with Crippen molar-refractivity contribution in [3.8, 4) is 0 Å². The number of amides is 1. The lowest BCUT2D eigenvalue weighted by molar-refractivity contribution is -0.133. The van der Waals surface area contributed by atoms with Gasteiger partial charge < -0.3 is 15.3 Å². The first-order valence-corrected chi connectivity index (χ1v) is 12.2. The highest BCUT2D eigenvalue weighted by Crippen LogP contribution is 2.33. The van der Waals surface area contributed by atoms with Crippen LogP contribution in [0.2, 0.25) is 0 Å². The van der Waals surface area contributed by atoms with Crippen molar-refractivity contribution in [1.82, 2.24) is 14.8 Å². The SMILES string of the molecule is CC(C)(O)CN(Cc1ncccc1Br)C(=O)CNc1cccc2c1CN(CC1CC1)CC2. The number of aromatic nitrogens is 1. The molecule has 2 aliphatic rings. The number of fused-ring (bicyclic) bond motifs is 1. The van der Waals surface area contributed by atoms with E-state index in [0.29, 0.717) is 6.54 Å². The summed E-state index contributed by atoms with van der Waals surface area (Å²) < 4.78 is 0.856. The molecule has 0 unspecified atom stereocenters. The van der Waals surface area contributed by atoms with Crippen LogP contribution in [0.25, 0.3) is 0 Å². The molecular formula is C25H33BrN4O2. The third-order valence-electron chi connectivity index (χ3n) is 6.10. The monoisotopic (exact) mass is 500 g/mol. The van der Waals surface area contributed by atoms with Crippen LogP contribution in [0, 0.1) is 5.92 Å². The molecule has 1 aliphatic carbocycles. The Kier molecular flexibility index (Phi) is 7.17. The third-order valence-corrected chi connectivity index (χ3v) is 6.82. The largest absolute Gasteiger partial charge is 0.389 e. The molecule has 2 N–H and O–H groups in total. The third kappa shape index (κ3) is 6.30. The Morgan fingerprint density at radius 1 is 1.31 bits per heavy atom. The fraction of sp³-hybridized carbons (Fsp3) is 0.520. The smallest absolute Gasteiger partial charge is 0.242 e. The van der Waals surface area contributed by atoms with Gasteiger partial charge in [-0.15, -0.1) is 0 Å². The fourth-order valence-corrected chi connectivity index (χ4v) is 4.70. The average Bonchev–Trinajstić information content (AvgIpc) is 3.56. The predicted octanol–water partition coefficient (Wildman–Crippen LogP) is 3.82. The second-order valence-corrected chi connectivity index (χ2v) is 10.6. The molecule has 6 nitrogen and oxygen atoms in total. The van der Waals surface area contributed by atoms with E-state index in [2.05, 4.69) is 49.3 Å². The van der Waals surface area contributed by atoms with E-state index < -0.39 is 5.60 Å². The van der Waals surface area contributed by atoms with E-state index in [0.717, 1.165) is 41.3 Å². The Morgan fingerprint density at radius 2 is 2.12 bits per heavy atom. The molecule has 0 radical (unpaired) electrons. The minimum atomic E-state index is -0.994. The van der Waals surface area contributed by atoms with Gasteiger partial charge in [-0.2, -0.15) is 0 Å². The van der Waals surface area contributed by atoms with Crippen LogP contribution in [0.15, 0.2) is 41.0 Å². The maximum Gasteiger partial charge on any atom is 0.242 e. The highest BCUT2D eigenvalue weighted by molar-refractivity contribution is 9.10. The number of nitrogens with one attached hydrogen (secondary N) is 1. The van der Waals surface area contributed by atoms with E-state index in [1.165, 1.54) is 30.5 Å². The Balaban J connectivity index is 1.44. The van der Waals surface area contributed by atoms with E-state index in [1.54, 1.807) is 24.9 Å². The molecule has 0 atom stereocenters. The molecule has 1 amide bonds. The number of benzene rings is 1. The number of halogens is 1. The quantitative estimate of drug-likeness (QED) is 0.547. The zero-order valence-electron chi connectivity index (χ0n) is 19.0. The van der Waals surface area contributed by atoms with Gasteiger partial charge in [0, 0.05) is 42.5 Å². The lowest BCUT2D eigenvalue weighted by atomic mass is 9.97. The molecule has 32 heavy (non-hydrogen) atoms. The number of pyridine rings is 1. The Bertz CT molecular complexity index is 955. The molecule has 0 saturated heterocycles. The lowest BCUT2D eigenvalue weighted by Gasteiger charge is -2.31. The van der Waals surface area contributed by atoms with E-state index in [9.17, 15) is 9.90 Å². The molecule has 172 valence electrons. The van der Waals surface area contributed by atoms with Gasteiger partial charge in [-0.1, -0.05) is 12.1 Å². The summed E-state index contributed by atoms with van der Waals surface area (Å²) in [4.78, 5) is 21.8. The summed E-state index contributed by atoms with van der Waals surface area (Å²) in [6.07, 6.45) is 5.50. The maximum absolute atomic E-state index is 13.2.